The van der Waals surface area contributed by atoms with Crippen LogP contribution >= 0.6 is 0 Å². The molecule has 0 saturated carbocycles. The molecule has 1 aromatic rings. The Kier molecular flexibility index (Phi) is 2.02. The van der Waals surface area contributed by atoms with E-state index in [1.165, 1.54) is 0 Å². The van der Waals surface area contributed by atoms with E-state index in [0.29, 0.717) is 6.54 Å². The molecule has 1 aromatic heterocycles. The summed E-state index contributed by atoms with van der Waals surface area (Å²) in [6, 6.07) is 4.01. The number of nitrogens with two attached hydrogens (primary N) is 1. The van der Waals surface area contributed by atoms with Crippen LogP contribution in [0.1, 0.15) is 17.0 Å². The Balaban J connectivity index is 3.06. The highest BCUT2D eigenvalue weighted by molar-refractivity contribution is 5.19. The van der Waals surface area contributed by atoms with Crippen molar-refractivity contribution >= 4 is 0 Å². The third kappa shape index (κ3) is 1.54. The van der Waals surface area contributed by atoms with E-state index in [0.717, 1.165) is 17.0 Å². The monoisotopic (exact) mass is 136 g/mol. The second-order valence-corrected chi connectivity index (χ2v) is 2.46. The molecule has 2 nitrogen and oxygen atoms in total. The summed E-state index contributed by atoms with van der Waals surface area (Å²) in [5.74, 6) is 0. The molecule has 1 rings (SSSR count). The molecule has 10 heavy (non-hydrogen) atoms. The number of hydrogen-bond acceptors (Lipinski definition) is 2. The van der Waals surface area contributed by atoms with Gasteiger partial charge in [-0.05, 0) is 31.5 Å². The maximum absolute atomic E-state index is 5.46. The van der Waals surface area contributed by atoms with E-state index < -0.39 is 0 Å². The average molecular weight is 136 g/mol. The molecule has 0 unspecified atom stereocenters. The van der Waals surface area contributed by atoms with Gasteiger partial charge in [-0.25, -0.2) is 0 Å². The maximum atomic E-state index is 5.46. The molecule has 0 bridgehead atoms. The molecule has 0 amide bonds. The highest BCUT2D eigenvalue weighted by Crippen LogP contribution is 2.02. The Hall–Kier alpha value is -0.890. The summed E-state index contributed by atoms with van der Waals surface area (Å²) >= 11 is 0. The number of rotatable bonds is 1. The van der Waals surface area contributed by atoms with E-state index in [2.05, 4.69) is 4.98 Å². The zero-order chi connectivity index (χ0) is 7.56. The molecule has 0 aromatic carbocycles. The number of aryl methyl sites for hydroxylation is 2. The van der Waals surface area contributed by atoms with Crippen molar-refractivity contribution in [3.05, 3.63) is 29.1 Å². The van der Waals surface area contributed by atoms with E-state index in [9.17, 15) is 0 Å². The van der Waals surface area contributed by atoms with Gasteiger partial charge in [0, 0.05) is 17.9 Å². The third-order valence-corrected chi connectivity index (χ3v) is 1.38. The first-order valence-corrected chi connectivity index (χ1v) is 3.36. The molecular weight excluding hydrogens is 124 g/mol. The van der Waals surface area contributed by atoms with Crippen molar-refractivity contribution in [3.63, 3.8) is 0 Å². The van der Waals surface area contributed by atoms with Crippen molar-refractivity contribution in [2.45, 2.75) is 20.4 Å². The summed E-state index contributed by atoms with van der Waals surface area (Å²) in [4.78, 5) is 4.23. The molecule has 54 valence electrons. The van der Waals surface area contributed by atoms with Gasteiger partial charge < -0.3 is 5.73 Å². The maximum Gasteiger partial charge on any atom is 0.0379 e. The van der Waals surface area contributed by atoms with Crippen LogP contribution in [0.3, 0.4) is 0 Å². The molecular formula is C8H12N2. The normalized spacial score (nSPS) is 9.90. The minimum Gasteiger partial charge on any atom is -0.326 e. The van der Waals surface area contributed by atoms with Gasteiger partial charge in [0.05, 0.1) is 0 Å². The smallest absolute Gasteiger partial charge is 0.0379 e. The minimum absolute atomic E-state index is 0.601. The van der Waals surface area contributed by atoms with Gasteiger partial charge in [0.2, 0.25) is 0 Å². The molecule has 0 radical (unpaired) electrons. The van der Waals surface area contributed by atoms with Crippen molar-refractivity contribution < 1.29 is 0 Å². The van der Waals surface area contributed by atoms with Crippen molar-refractivity contribution in [3.8, 4) is 0 Å². The van der Waals surface area contributed by atoms with E-state index >= 15 is 0 Å². The molecule has 0 aliphatic rings. The summed E-state index contributed by atoms with van der Waals surface area (Å²) in [5.41, 5.74) is 8.70. The second kappa shape index (κ2) is 2.80. The fourth-order valence-electron chi connectivity index (χ4n) is 1.04. The third-order valence-electron chi connectivity index (χ3n) is 1.38. The molecule has 1 heterocycles. The zero-order valence-corrected chi connectivity index (χ0v) is 6.39. The van der Waals surface area contributed by atoms with Crippen LogP contribution in [-0.4, -0.2) is 4.98 Å². The van der Waals surface area contributed by atoms with Crippen LogP contribution in [0.25, 0.3) is 0 Å². The lowest BCUT2D eigenvalue weighted by molar-refractivity contribution is 1.02. The highest BCUT2D eigenvalue weighted by Gasteiger charge is 1.92. The van der Waals surface area contributed by atoms with E-state index in [1.807, 2.05) is 26.0 Å². The summed E-state index contributed by atoms with van der Waals surface area (Å²) in [6.45, 7) is 4.56. The molecule has 0 saturated heterocycles. The number of hydrogen-bond donors (Lipinski definition) is 1. The van der Waals surface area contributed by atoms with Gasteiger partial charge in [0.25, 0.3) is 0 Å². The second-order valence-electron chi connectivity index (χ2n) is 2.46. The summed E-state index contributed by atoms with van der Waals surface area (Å²) in [7, 11) is 0. The van der Waals surface area contributed by atoms with Crippen molar-refractivity contribution in [2.24, 2.45) is 5.73 Å². The fourth-order valence-corrected chi connectivity index (χ4v) is 1.04. The van der Waals surface area contributed by atoms with Gasteiger partial charge in [-0.3, -0.25) is 4.98 Å². The zero-order valence-electron chi connectivity index (χ0n) is 6.39. The first-order chi connectivity index (χ1) is 4.72. The lowest BCUT2D eigenvalue weighted by atomic mass is 10.2. The molecule has 0 aliphatic carbocycles. The summed E-state index contributed by atoms with van der Waals surface area (Å²) in [5, 5.41) is 0. The van der Waals surface area contributed by atoms with Gasteiger partial charge >= 0.3 is 0 Å². The van der Waals surface area contributed by atoms with Crippen LogP contribution < -0.4 is 5.73 Å². The Labute approximate surface area is 61.1 Å². The Morgan fingerprint density at radius 2 is 1.80 bits per heavy atom. The molecule has 0 fully saturated rings. The van der Waals surface area contributed by atoms with Gasteiger partial charge in [0.15, 0.2) is 0 Å². The number of pyridine rings is 1. The summed E-state index contributed by atoms with van der Waals surface area (Å²) in [6.07, 6.45) is 0. The standard InChI is InChI=1S/C8H12N2/c1-6-3-8(5-9)4-7(2)10-6/h3-4H,5,9H2,1-2H3. The van der Waals surface area contributed by atoms with Crippen LogP contribution in [0.4, 0.5) is 0 Å². The SMILES string of the molecule is Cc1cc(CN)cc(C)n1. The van der Waals surface area contributed by atoms with Crippen LogP contribution in [-0.2, 0) is 6.54 Å². The van der Waals surface area contributed by atoms with Gasteiger partial charge in [0.1, 0.15) is 0 Å². The number of aromatic nitrogens is 1. The van der Waals surface area contributed by atoms with Crippen molar-refractivity contribution in [1.29, 1.82) is 0 Å². The molecule has 0 atom stereocenters. The first-order valence-electron chi connectivity index (χ1n) is 3.36. The lowest BCUT2D eigenvalue weighted by Crippen LogP contribution is -1.98. The molecule has 2 heteroatoms. The predicted octanol–water partition coefficient (Wildman–Crippen LogP) is 1.16. The molecule has 0 spiro atoms. The van der Waals surface area contributed by atoms with Gasteiger partial charge in [-0.2, -0.15) is 0 Å². The van der Waals surface area contributed by atoms with Crippen LogP contribution in [0.15, 0.2) is 12.1 Å². The molecule has 2 N–H and O–H groups in total. The van der Waals surface area contributed by atoms with E-state index in [-0.39, 0.29) is 0 Å². The van der Waals surface area contributed by atoms with Crippen LogP contribution in [0.2, 0.25) is 0 Å². The highest BCUT2D eigenvalue weighted by atomic mass is 14.7. The van der Waals surface area contributed by atoms with Gasteiger partial charge in [-0.1, -0.05) is 0 Å². The Bertz CT molecular complexity index is 210. The van der Waals surface area contributed by atoms with E-state index in [4.69, 9.17) is 5.73 Å². The molecule has 0 aliphatic heterocycles. The van der Waals surface area contributed by atoms with Crippen molar-refractivity contribution in [2.75, 3.05) is 0 Å². The fraction of sp³-hybridized carbons (Fsp3) is 0.375. The van der Waals surface area contributed by atoms with Crippen molar-refractivity contribution in [1.82, 2.24) is 4.98 Å². The average Bonchev–Trinajstić information content (AvgIpc) is 1.85. The van der Waals surface area contributed by atoms with E-state index in [1.54, 1.807) is 0 Å². The van der Waals surface area contributed by atoms with Crippen LogP contribution in [0.5, 0.6) is 0 Å². The quantitative estimate of drug-likeness (QED) is 0.629. The first kappa shape index (κ1) is 7.22. The topological polar surface area (TPSA) is 38.9 Å². The lowest BCUT2D eigenvalue weighted by Gasteiger charge is -1.99. The Morgan fingerprint density at radius 1 is 1.30 bits per heavy atom. The predicted molar refractivity (Wildman–Crippen MR) is 41.6 cm³/mol. The Morgan fingerprint density at radius 3 is 2.20 bits per heavy atom. The van der Waals surface area contributed by atoms with Gasteiger partial charge in [-0.15, -0.1) is 0 Å². The number of nitrogens with zero attached hydrogens (tertiary/aromatic N) is 1. The largest absolute Gasteiger partial charge is 0.326 e. The van der Waals surface area contributed by atoms with Crippen LogP contribution in [0, 0.1) is 13.8 Å². The minimum atomic E-state index is 0.601. The summed E-state index contributed by atoms with van der Waals surface area (Å²) < 4.78 is 0.